The van der Waals surface area contributed by atoms with Gasteiger partial charge >= 0.3 is 0 Å². The van der Waals surface area contributed by atoms with Crippen molar-refractivity contribution >= 4 is 11.8 Å². The van der Waals surface area contributed by atoms with Crippen LogP contribution in [0.4, 0.5) is 0 Å². The van der Waals surface area contributed by atoms with Gasteiger partial charge in [0, 0.05) is 31.1 Å². The zero-order chi connectivity index (χ0) is 31.6. The van der Waals surface area contributed by atoms with Crippen LogP contribution in [-0.2, 0) is 27.4 Å². The van der Waals surface area contributed by atoms with Crippen molar-refractivity contribution in [3.8, 4) is 11.1 Å². The number of aliphatic hydroxyl groups is 1. The molecule has 3 heterocycles. The van der Waals surface area contributed by atoms with Crippen molar-refractivity contribution in [3.63, 3.8) is 0 Å². The molecule has 46 heavy (non-hydrogen) atoms. The van der Waals surface area contributed by atoms with E-state index in [-0.39, 0.29) is 43.1 Å². The molecule has 2 saturated heterocycles. The molecule has 4 aromatic carbocycles. The first kappa shape index (κ1) is 30.5. The number of carbonyl (C=O) groups is 2. The van der Waals surface area contributed by atoms with E-state index >= 15 is 0 Å². The zero-order valence-corrected chi connectivity index (χ0v) is 25.9. The molecule has 0 saturated carbocycles. The monoisotopic (exact) mass is 618 g/mol. The summed E-state index contributed by atoms with van der Waals surface area (Å²) in [5, 5.41) is 9.55. The Balaban J connectivity index is 1.10. The summed E-state index contributed by atoms with van der Waals surface area (Å²) in [4.78, 5) is 29.5. The van der Waals surface area contributed by atoms with Crippen LogP contribution in [0.1, 0.15) is 62.3 Å². The molecule has 2 fully saturated rings. The number of rotatable bonds is 8. The summed E-state index contributed by atoms with van der Waals surface area (Å²) >= 11 is 0. The number of hydrogen-bond donors (Lipinski definition) is 1. The average molecular weight is 619 g/mol. The number of amides is 2. The van der Waals surface area contributed by atoms with E-state index in [0.717, 1.165) is 66.2 Å². The number of nitrogens with zero attached hydrogens (tertiary/aromatic N) is 2. The Kier molecular flexibility index (Phi) is 8.80. The van der Waals surface area contributed by atoms with Gasteiger partial charge in [-0.15, -0.1) is 0 Å². The second-order valence-corrected chi connectivity index (χ2v) is 12.3. The summed E-state index contributed by atoms with van der Waals surface area (Å²) in [6, 6.07) is 31.1. The molecule has 4 aromatic rings. The van der Waals surface area contributed by atoms with Crippen LogP contribution in [0.25, 0.3) is 11.1 Å². The molecule has 0 radical (unpaired) electrons. The quantitative estimate of drug-likeness (QED) is 0.251. The fraction of sp³-hybridized carbons (Fsp3) is 0.316. The molecule has 4 unspecified atom stereocenters. The van der Waals surface area contributed by atoms with Gasteiger partial charge in [0.1, 0.15) is 0 Å². The number of carbonyl (C=O) groups excluding carboxylic acids is 2. The smallest absolute Gasteiger partial charge is 0.261 e. The van der Waals surface area contributed by atoms with E-state index in [1.165, 1.54) is 4.90 Å². The molecule has 8 nitrogen and oxygen atoms in total. The van der Waals surface area contributed by atoms with Crippen LogP contribution in [0.3, 0.4) is 0 Å². The molecule has 0 aromatic heterocycles. The minimum Gasteiger partial charge on any atom is -0.392 e. The maximum absolute atomic E-state index is 12.9. The molecule has 0 spiro atoms. The first-order valence-electron chi connectivity index (χ1n) is 15.9. The van der Waals surface area contributed by atoms with Crippen LogP contribution >= 0.6 is 0 Å². The van der Waals surface area contributed by atoms with Crippen LogP contribution in [0.2, 0.25) is 0 Å². The first-order valence-corrected chi connectivity index (χ1v) is 15.9. The average Bonchev–Trinajstić information content (AvgIpc) is 3.34. The number of morpholine rings is 1. The van der Waals surface area contributed by atoms with Crippen molar-refractivity contribution in [1.29, 1.82) is 0 Å². The lowest BCUT2D eigenvalue weighted by atomic mass is 9.90. The third-order valence-electron chi connectivity index (χ3n) is 9.33. The Morgan fingerprint density at radius 1 is 0.739 bits per heavy atom. The van der Waals surface area contributed by atoms with Crippen molar-refractivity contribution in [1.82, 2.24) is 9.80 Å². The van der Waals surface area contributed by atoms with Crippen LogP contribution in [0.15, 0.2) is 97.1 Å². The van der Waals surface area contributed by atoms with E-state index in [1.54, 1.807) is 24.3 Å². The Morgan fingerprint density at radius 2 is 1.41 bits per heavy atom. The van der Waals surface area contributed by atoms with Crippen molar-refractivity contribution in [2.45, 2.75) is 38.6 Å². The maximum atomic E-state index is 12.9. The molecule has 8 heteroatoms. The summed E-state index contributed by atoms with van der Waals surface area (Å²) in [5.41, 5.74) is 6.66. The number of aliphatic hydroxyl groups excluding tert-OH is 1. The van der Waals surface area contributed by atoms with Gasteiger partial charge in [0.2, 0.25) is 0 Å². The van der Waals surface area contributed by atoms with Crippen molar-refractivity contribution in [3.05, 3.63) is 130 Å². The van der Waals surface area contributed by atoms with Gasteiger partial charge in [-0.2, -0.15) is 0 Å². The summed E-state index contributed by atoms with van der Waals surface area (Å²) in [6.07, 6.45) is -0.757. The van der Waals surface area contributed by atoms with Gasteiger partial charge in [-0.05, 0) is 46.0 Å². The number of fused-ring (bicyclic) bond motifs is 1. The van der Waals surface area contributed by atoms with E-state index in [4.69, 9.17) is 14.2 Å². The van der Waals surface area contributed by atoms with Gasteiger partial charge in [0.15, 0.2) is 6.29 Å². The summed E-state index contributed by atoms with van der Waals surface area (Å²) in [5.74, 6) is -0.401. The highest BCUT2D eigenvalue weighted by molar-refractivity contribution is 6.21. The standard InChI is InChI=1S/C38H38N2O6/c1-25-34(23-39-17-19-44-20-18-39)45-38(46-35(25)29-11-9-26(24-41)10-12-29)30-15-13-28(14-16-30)31-6-4-5-27(21-31)22-40-36(42)32-7-2-3-8-33(32)37(40)43/h2-16,21,25,34-35,38,41H,17-20,22-24H2,1H3. The zero-order valence-electron chi connectivity index (χ0n) is 25.9. The number of benzene rings is 4. The van der Waals surface area contributed by atoms with E-state index in [1.807, 2.05) is 60.7 Å². The van der Waals surface area contributed by atoms with Gasteiger partial charge in [0.05, 0.1) is 49.7 Å². The first-order chi connectivity index (χ1) is 22.5. The molecule has 1 N–H and O–H groups in total. The van der Waals surface area contributed by atoms with Gasteiger partial charge in [0.25, 0.3) is 11.8 Å². The van der Waals surface area contributed by atoms with Crippen LogP contribution < -0.4 is 0 Å². The third-order valence-corrected chi connectivity index (χ3v) is 9.33. The van der Waals surface area contributed by atoms with E-state index < -0.39 is 6.29 Å². The molecular formula is C38H38N2O6. The molecule has 4 atom stereocenters. The Labute approximate surface area is 269 Å². The van der Waals surface area contributed by atoms with Crippen molar-refractivity contribution in [2.75, 3.05) is 32.8 Å². The SMILES string of the molecule is CC1C(CN2CCOCC2)OC(c2ccc(-c3cccc(CN4C(=O)c5ccccc5C4=O)c3)cc2)OC1c1ccc(CO)cc1. The number of ether oxygens (including phenoxy) is 3. The predicted octanol–water partition coefficient (Wildman–Crippen LogP) is 5.77. The lowest BCUT2D eigenvalue weighted by Crippen LogP contribution is -2.47. The van der Waals surface area contributed by atoms with Gasteiger partial charge in [-0.1, -0.05) is 85.8 Å². The molecule has 0 bridgehead atoms. The van der Waals surface area contributed by atoms with E-state index in [2.05, 4.69) is 24.0 Å². The topological polar surface area (TPSA) is 88.5 Å². The summed E-state index contributed by atoms with van der Waals surface area (Å²) in [6.45, 7) is 6.43. The Bertz CT molecular complexity index is 1660. The molecule has 0 aliphatic carbocycles. The Morgan fingerprint density at radius 3 is 2.09 bits per heavy atom. The fourth-order valence-electron chi connectivity index (χ4n) is 6.61. The molecular weight excluding hydrogens is 580 g/mol. The summed E-state index contributed by atoms with van der Waals surface area (Å²) < 4.78 is 18.9. The van der Waals surface area contributed by atoms with Crippen molar-refractivity contribution < 1.29 is 28.9 Å². The molecule has 7 rings (SSSR count). The van der Waals surface area contributed by atoms with E-state index in [9.17, 15) is 14.7 Å². The van der Waals surface area contributed by atoms with Gasteiger partial charge < -0.3 is 19.3 Å². The van der Waals surface area contributed by atoms with Crippen LogP contribution in [-0.4, -0.2) is 65.7 Å². The van der Waals surface area contributed by atoms with Gasteiger partial charge in [-0.25, -0.2) is 0 Å². The molecule has 3 aliphatic rings. The minimum atomic E-state index is -0.543. The van der Waals surface area contributed by atoms with Crippen LogP contribution in [0, 0.1) is 5.92 Å². The minimum absolute atomic E-state index is 0.00474. The number of imide groups is 1. The maximum Gasteiger partial charge on any atom is 0.261 e. The highest BCUT2D eigenvalue weighted by atomic mass is 16.7. The normalized spacial score (nSPS) is 23.5. The molecule has 2 amide bonds. The molecule has 236 valence electrons. The predicted molar refractivity (Wildman–Crippen MR) is 173 cm³/mol. The second-order valence-electron chi connectivity index (χ2n) is 12.3. The van der Waals surface area contributed by atoms with Crippen molar-refractivity contribution in [2.24, 2.45) is 5.92 Å². The Hall–Kier alpha value is -4.18. The molecule has 3 aliphatic heterocycles. The van der Waals surface area contributed by atoms with Gasteiger partial charge in [-0.3, -0.25) is 19.4 Å². The van der Waals surface area contributed by atoms with Crippen LogP contribution in [0.5, 0.6) is 0 Å². The van der Waals surface area contributed by atoms with E-state index in [0.29, 0.717) is 11.1 Å². The largest absolute Gasteiger partial charge is 0.392 e. The second kappa shape index (κ2) is 13.3. The lowest BCUT2D eigenvalue weighted by molar-refractivity contribution is -0.277. The third kappa shape index (κ3) is 6.15. The summed E-state index contributed by atoms with van der Waals surface area (Å²) in [7, 11) is 0. The number of hydrogen-bond acceptors (Lipinski definition) is 7. The highest BCUT2D eigenvalue weighted by Gasteiger charge is 2.39. The lowest BCUT2D eigenvalue weighted by Gasteiger charge is -2.43. The fourth-order valence-corrected chi connectivity index (χ4v) is 6.61. The highest BCUT2D eigenvalue weighted by Crippen LogP contribution is 2.42.